The standard InChI is InChI=1S/C17H13FN4O5S/c1-26-10-6-7-13(14(8-10)22(24)25)19-15(23)9-28-17-21-20-16(27-17)11-4-2-3-5-12(11)18/h2-8H,9H2,1H3,(H,19,23). The number of anilines is 1. The number of benzene rings is 2. The molecule has 3 rings (SSSR count). The lowest BCUT2D eigenvalue weighted by Crippen LogP contribution is -2.15. The molecule has 0 bridgehead atoms. The molecule has 0 saturated heterocycles. The van der Waals surface area contributed by atoms with Gasteiger partial charge in [-0.25, -0.2) is 4.39 Å². The van der Waals surface area contributed by atoms with E-state index in [0.717, 1.165) is 11.8 Å². The fourth-order valence-electron chi connectivity index (χ4n) is 2.22. The summed E-state index contributed by atoms with van der Waals surface area (Å²) < 4.78 is 24.0. The van der Waals surface area contributed by atoms with E-state index in [4.69, 9.17) is 9.15 Å². The summed E-state index contributed by atoms with van der Waals surface area (Å²) in [6.45, 7) is 0. The van der Waals surface area contributed by atoms with Crippen LogP contribution in [0.1, 0.15) is 0 Å². The quantitative estimate of drug-likeness (QED) is 0.361. The highest BCUT2D eigenvalue weighted by Crippen LogP contribution is 2.29. The molecule has 0 unspecified atom stereocenters. The molecule has 9 nitrogen and oxygen atoms in total. The second-order valence-electron chi connectivity index (χ2n) is 5.33. The molecule has 1 N–H and O–H groups in total. The second kappa shape index (κ2) is 8.48. The van der Waals surface area contributed by atoms with Crippen molar-refractivity contribution in [3.8, 4) is 17.2 Å². The molecule has 2 aromatic carbocycles. The number of carbonyl (C=O) groups excluding carboxylic acids is 1. The Hall–Kier alpha value is -3.47. The van der Waals surface area contributed by atoms with E-state index >= 15 is 0 Å². The molecule has 0 aliphatic heterocycles. The molecule has 0 atom stereocenters. The Labute approximate surface area is 162 Å². The zero-order valence-electron chi connectivity index (χ0n) is 14.4. The highest BCUT2D eigenvalue weighted by Gasteiger charge is 2.18. The lowest BCUT2D eigenvalue weighted by atomic mass is 10.2. The molecule has 28 heavy (non-hydrogen) atoms. The van der Waals surface area contributed by atoms with Crippen LogP contribution < -0.4 is 10.1 Å². The van der Waals surface area contributed by atoms with E-state index in [1.54, 1.807) is 6.07 Å². The first-order valence-corrected chi connectivity index (χ1v) is 8.80. The number of carbonyl (C=O) groups is 1. The van der Waals surface area contributed by atoms with Gasteiger partial charge >= 0.3 is 0 Å². The van der Waals surface area contributed by atoms with Crippen molar-refractivity contribution in [2.24, 2.45) is 0 Å². The normalized spacial score (nSPS) is 10.5. The Morgan fingerprint density at radius 3 is 2.82 bits per heavy atom. The number of aromatic nitrogens is 2. The van der Waals surface area contributed by atoms with E-state index in [2.05, 4.69) is 15.5 Å². The van der Waals surface area contributed by atoms with E-state index in [1.165, 1.54) is 43.5 Å². The first-order chi connectivity index (χ1) is 13.5. The van der Waals surface area contributed by atoms with Gasteiger partial charge in [-0.2, -0.15) is 0 Å². The van der Waals surface area contributed by atoms with E-state index < -0.39 is 16.6 Å². The van der Waals surface area contributed by atoms with Crippen LogP contribution in [-0.2, 0) is 4.79 Å². The number of rotatable bonds is 7. The molecule has 1 amide bonds. The fourth-order valence-corrected chi connectivity index (χ4v) is 2.78. The van der Waals surface area contributed by atoms with E-state index in [1.807, 2.05) is 0 Å². The van der Waals surface area contributed by atoms with Crippen molar-refractivity contribution in [2.45, 2.75) is 5.22 Å². The van der Waals surface area contributed by atoms with Crippen LogP contribution in [0.5, 0.6) is 5.75 Å². The predicted octanol–water partition coefficient (Wildman–Crippen LogP) is 3.52. The number of nitrogens with zero attached hydrogens (tertiary/aromatic N) is 3. The average Bonchev–Trinajstić information content (AvgIpc) is 3.15. The highest BCUT2D eigenvalue weighted by atomic mass is 32.2. The Morgan fingerprint density at radius 2 is 2.11 bits per heavy atom. The zero-order valence-corrected chi connectivity index (χ0v) is 15.2. The molecule has 0 saturated carbocycles. The van der Waals surface area contributed by atoms with Gasteiger partial charge in [0.2, 0.25) is 5.91 Å². The summed E-state index contributed by atoms with van der Waals surface area (Å²) in [5.41, 5.74) is -0.105. The third-order valence-corrected chi connectivity index (χ3v) is 4.33. The largest absolute Gasteiger partial charge is 0.496 e. The van der Waals surface area contributed by atoms with Gasteiger partial charge in [-0.15, -0.1) is 10.2 Å². The van der Waals surface area contributed by atoms with Crippen molar-refractivity contribution >= 4 is 29.0 Å². The topological polar surface area (TPSA) is 120 Å². The zero-order chi connectivity index (χ0) is 20.1. The molecule has 144 valence electrons. The van der Waals surface area contributed by atoms with Crippen LogP contribution in [0.4, 0.5) is 15.8 Å². The number of nitro benzene ring substituents is 1. The molecule has 0 fully saturated rings. The molecular formula is C17H13FN4O5S. The summed E-state index contributed by atoms with van der Waals surface area (Å²) in [5.74, 6) is -0.865. The monoisotopic (exact) mass is 404 g/mol. The molecule has 0 spiro atoms. The number of amides is 1. The number of halogens is 1. The molecule has 1 heterocycles. The second-order valence-corrected chi connectivity index (χ2v) is 6.26. The smallest absolute Gasteiger partial charge is 0.296 e. The van der Waals surface area contributed by atoms with Crippen LogP contribution in [0.2, 0.25) is 0 Å². The van der Waals surface area contributed by atoms with Crippen molar-refractivity contribution in [3.63, 3.8) is 0 Å². The molecule has 1 aromatic heterocycles. The lowest BCUT2D eigenvalue weighted by molar-refractivity contribution is -0.384. The summed E-state index contributed by atoms with van der Waals surface area (Å²) >= 11 is 0.922. The number of thioether (sulfide) groups is 1. The summed E-state index contributed by atoms with van der Waals surface area (Å²) in [5, 5.41) is 21.2. The first-order valence-electron chi connectivity index (χ1n) is 7.81. The highest BCUT2D eigenvalue weighted by molar-refractivity contribution is 7.99. The van der Waals surface area contributed by atoms with Crippen LogP contribution >= 0.6 is 11.8 Å². The van der Waals surface area contributed by atoms with Crippen molar-refractivity contribution < 1.29 is 23.3 Å². The maximum Gasteiger partial charge on any atom is 0.296 e. The van der Waals surface area contributed by atoms with E-state index in [0.29, 0.717) is 5.75 Å². The molecule has 3 aromatic rings. The van der Waals surface area contributed by atoms with Crippen LogP contribution in [-0.4, -0.2) is 33.9 Å². The van der Waals surface area contributed by atoms with Gasteiger partial charge in [-0.3, -0.25) is 14.9 Å². The Balaban J connectivity index is 1.64. The van der Waals surface area contributed by atoms with Crippen LogP contribution in [0, 0.1) is 15.9 Å². The molecule has 0 aliphatic rings. The van der Waals surface area contributed by atoms with Crippen molar-refractivity contribution in [1.29, 1.82) is 0 Å². The molecule has 0 aliphatic carbocycles. The van der Waals surface area contributed by atoms with Gasteiger partial charge in [0.15, 0.2) is 0 Å². The Kier molecular flexibility index (Phi) is 5.84. The SMILES string of the molecule is COc1ccc(NC(=O)CSc2nnc(-c3ccccc3F)o2)c([N+](=O)[O-])c1. The maximum absolute atomic E-state index is 13.7. The predicted molar refractivity (Wildman–Crippen MR) is 98.7 cm³/mol. The third-order valence-electron chi connectivity index (χ3n) is 3.51. The summed E-state index contributed by atoms with van der Waals surface area (Å²) in [6, 6.07) is 10.0. The third kappa shape index (κ3) is 4.43. The number of nitrogens with one attached hydrogen (secondary N) is 1. The van der Waals surface area contributed by atoms with Crippen LogP contribution in [0.15, 0.2) is 52.1 Å². The van der Waals surface area contributed by atoms with Gasteiger partial charge in [0.25, 0.3) is 16.8 Å². The van der Waals surface area contributed by atoms with Gasteiger partial charge in [0.05, 0.1) is 29.4 Å². The lowest BCUT2D eigenvalue weighted by Gasteiger charge is -2.06. The van der Waals surface area contributed by atoms with E-state index in [-0.39, 0.29) is 33.8 Å². The molecular weight excluding hydrogens is 391 g/mol. The fraction of sp³-hybridized carbons (Fsp3) is 0.118. The summed E-state index contributed by atoms with van der Waals surface area (Å²) in [6.07, 6.45) is 0. The van der Waals surface area contributed by atoms with Gasteiger partial charge < -0.3 is 14.5 Å². The molecule has 11 heteroatoms. The van der Waals surface area contributed by atoms with Gasteiger partial charge in [-0.1, -0.05) is 23.9 Å². The number of hydrogen-bond donors (Lipinski definition) is 1. The number of nitro groups is 1. The minimum absolute atomic E-state index is 0.00759. The number of ether oxygens (including phenoxy) is 1. The van der Waals surface area contributed by atoms with Crippen LogP contribution in [0.25, 0.3) is 11.5 Å². The maximum atomic E-state index is 13.7. The Bertz CT molecular complexity index is 1030. The minimum atomic E-state index is -0.621. The van der Waals surface area contributed by atoms with Crippen molar-refractivity contribution in [3.05, 3.63) is 58.4 Å². The van der Waals surface area contributed by atoms with Gasteiger partial charge in [0.1, 0.15) is 17.3 Å². The van der Waals surface area contributed by atoms with Gasteiger partial charge in [-0.05, 0) is 24.3 Å². The first kappa shape index (κ1) is 19.3. The molecule has 0 radical (unpaired) electrons. The minimum Gasteiger partial charge on any atom is -0.496 e. The van der Waals surface area contributed by atoms with Crippen molar-refractivity contribution in [2.75, 3.05) is 18.2 Å². The van der Waals surface area contributed by atoms with Crippen molar-refractivity contribution in [1.82, 2.24) is 10.2 Å². The van der Waals surface area contributed by atoms with Crippen LogP contribution in [0.3, 0.4) is 0 Å². The van der Waals surface area contributed by atoms with E-state index in [9.17, 15) is 19.3 Å². The van der Waals surface area contributed by atoms with Gasteiger partial charge in [0, 0.05) is 0 Å². The Morgan fingerprint density at radius 1 is 1.32 bits per heavy atom. The number of methoxy groups -OCH3 is 1. The number of hydrogen-bond acceptors (Lipinski definition) is 8. The summed E-state index contributed by atoms with van der Waals surface area (Å²) in [7, 11) is 1.38. The summed E-state index contributed by atoms with van der Waals surface area (Å²) in [4.78, 5) is 22.6. The average molecular weight is 404 g/mol.